The first-order valence-electron chi connectivity index (χ1n) is 8.78. The van der Waals surface area contributed by atoms with Crippen molar-refractivity contribution >= 4 is 52.8 Å². The third kappa shape index (κ3) is 2.67. The van der Waals surface area contributed by atoms with Crippen LogP contribution in [0.25, 0.3) is 0 Å². The van der Waals surface area contributed by atoms with Gasteiger partial charge < -0.3 is 4.98 Å². The van der Waals surface area contributed by atoms with Gasteiger partial charge in [-0.3, -0.25) is 14.6 Å². The van der Waals surface area contributed by atoms with E-state index in [0.29, 0.717) is 9.64 Å². The lowest BCUT2D eigenvalue weighted by Crippen LogP contribution is -2.32. The number of aryl methyl sites for hydroxylation is 1. The van der Waals surface area contributed by atoms with Gasteiger partial charge in [0.25, 0.3) is 0 Å². The van der Waals surface area contributed by atoms with Crippen LogP contribution in [0.5, 0.6) is 0 Å². The molecule has 1 saturated heterocycles. The number of hydrogen-bond acceptors (Lipinski definition) is 6. The van der Waals surface area contributed by atoms with E-state index < -0.39 is 11.2 Å². The largest absolute Gasteiger partial charge is 0.332 e. The van der Waals surface area contributed by atoms with Gasteiger partial charge in [0.15, 0.2) is 3.95 Å². The van der Waals surface area contributed by atoms with Crippen molar-refractivity contribution in [2.75, 3.05) is 4.90 Å². The molecule has 3 aromatic rings. The fourth-order valence-corrected chi connectivity index (χ4v) is 6.84. The number of aromatic amines is 1. The summed E-state index contributed by atoms with van der Waals surface area (Å²) in [4.78, 5) is 36.5. The van der Waals surface area contributed by atoms with E-state index >= 15 is 0 Å². The molecular formula is C20H15N3O2S3. The molecule has 2 aromatic heterocycles. The van der Waals surface area contributed by atoms with Crippen LogP contribution in [0.3, 0.4) is 0 Å². The Bertz CT molecular complexity index is 1140. The van der Waals surface area contributed by atoms with Gasteiger partial charge in [-0.05, 0) is 42.9 Å². The Balaban J connectivity index is 1.65. The molecule has 8 heteroatoms. The average molecular weight is 426 g/mol. The molecular weight excluding hydrogens is 410 g/mol. The third-order valence-corrected chi connectivity index (χ3v) is 7.91. The summed E-state index contributed by atoms with van der Waals surface area (Å²) in [5.74, 6) is -1.05. The van der Waals surface area contributed by atoms with E-state index in [4.69, 9.17) is 12.2 Å². The Kier molecular flexibility index (Phi) is 4.22. The van der Waals surface area contributed by atoms with Crippen molar-refractivity contribution in [1.29, 1.82) is 0 Å². The summed E-state index contributed by atoms with van der Waals surface area (Å²) in [5, 5.41) is 0.406. The SMILES string of the molecule is Cc1ccc(N2C(=O)C3Sc4[nH]c(=S)sc4C(c4cccnc4)C3C2=O)cc1. The van der Waals surface area contributed by atoms with Gasteiger partial charge in [-0.15, -0.1) is 11.3 Å². The van der Waals surface area contributed by atoms with Gasteiger partial charge in [-0.25, -0.2) is 4.90 Å². The molecule has 28 heavy (non-hydrogen) atoms. The Morgan fingerprint density at radius 3 is 2.64 bits per heavy atom. The number of thiazole rings is 1. The highest BCUT2D eigenvalue weighted by atomic mass is 32.2. The van der Waals surface area contributed by atoms with Crippen molar-refractivity contribution in [3.05, 3.63) is 68.8 Å². The summed E-state index contributed by atoms with van der Waals surface area (Å²) in [6.45, 7) is 1.98. The van der Waals surface area contributed by atoms with Crippen molar-refractivity contribution in [2.24, 2.45) is 5.92 Å². The monoisotopic (exact) mass is 425 g/mol. The van der Waals surface area contributed by atoms with Crippen LogP contribution in [-0.4, -0.2) is 27.0 Å². The molecule has 2 aliphatic heterocycles. The quantitative estimate of drug-likeness (QED) is 0.490. The molecule has 0 bridgehead atoms. The summed E-state index contributed by atoms with van der Waals surface area (Å²) in [6, 6.07) is 11.3. The molecule has 0 aliphatic carbocycles. The molecule has 140 valence electrons. The minimum atomic E-state index is -0.480. The normalized spacial score (nSPS) is 23.6. The topological polar surface area (TPSA) is 66.1 Å². The number of nitrogens with one attached hydrogen (secondary N) is 1. The van der Waals surface area contributed by atoms with Crippen LogP contribution in [0.2, 0.25) is 0 Å². The number of benzene rings is 1. The smallest absolute Gasteiger partial charge is 0.248 e. The van der Waals surface area contributed by atoms with Gasteiger partial charge in [-0.2, -0.15) is 0 Å². The van der Waals surface area contributed by atoms with Gasteiger partial charge in [0.1, 0.15) is 5.25 Å². The van der Waals surface area contributed by atoms with E-state index in [2.05, 4.69) is 9.97 Å². The number of fused-ring (bicyclic) bond motifs is 2. The van der Waals surface area contributed by atoms with Crippen LogP contribution in [0.15, 0.2) is 53.8 Å². The highest BCUT2D eigenvalue weighted by Gasteiger charge is 2.56. The summed E-state index contributed by atoms with van der Waals surface area (Å²) in [6.07, 6.45) is 3.48. The Morgan fingerprint density at radius 2 is 1.93 bits per heavy atom. The fraction of sp³-hybridized carbons (Fsp3) is 0.200. The maximum atomic E-state index is 13.5. The number of imide groups is 1. The number of amides is 2. The van der Waals surface area contributed by atoms with E-state index in [9.17, 15) is 9.59 Å². The summed E-state index contributed by atoms with van der Waals surface area (Å²) >= 11 is 8.23. The first kappa shape index (κ1) is 17.8. The van der Waals surface area contributed by atoms with Gasteiger partial charge >= 0.3 is 0 Å². The Morgan fingerprint density at radius 1 is 1.14 bits per heavy atom. The number of hydrogen-bond donors (Lipinski definition) is 1. The number of carbonyl (C=O) groups is 2. The van der Waals surface area contributed by atoms with Crippen LogP contribution in [0.4, 0.5) is 5.69 Å². The standard InChI is InChI=1S/C20H15N3O2S3/c1-10-4-6-12(7-5-10)23-18(24)14-13(11-3-2-8-21-9-11)15-17(22-20(26)28-15)27-16(14)19(23)25/h2-9,13-14,16H,1H3,(H,22,26). The number of nitrogens with zero attached hydrogens (tertiary/aromatic N) is 2. The van der Waals surface area contributed by atoms with Gasteiger partial charge in [0.05, 0.1) is 16.6 Å². The molecule has 0 spiro atoms. The fourth-order valence-electron chi connectivity index (χ4n) is 3.88. The molecule has 0 saturated carbocycles. The zero-order valence-electron chi connectivity index (χ0n) is 14.8. The molecule has 2 amide bonds. The zero-order chi connectivity index (χ0) is 19.4. The maximum absolute atomic E-state index is 13.5. The van der Waals surface area contributed by atoms with E-state index in [1.54, 1.807) is 12.4 Å². The molecule has 1 fully saturated rings. The van der Waals surface area contributed by atoms with Gasteiger partial charge in [0, 0.05) is 23.2 Å². The highest BCUT2D eigenvalue weighted by Crippen LogP contribution is 2.53. The number of carbonyl (C=O) groups excluding carboxylic acids is 2. The van der Waals surface area contributed by atoms with E-state index in [1.807, 2.05) is 43.3 Å². The number of H-pyrrole nitrogens is 1. The van der Waals surface area contributed by atoms with Crippen LogP contribution < -0.4 is 4.90 Å². The van der Waals surface area contributed by atoms with E-state index in [1.165, 1.54) is 28.0 Å². The molecule has 5 nitrogen and oxygen atoms in total. The maximum Gasteiger partial charge on any atom is 0.248 e. The minimum Gasteiger partial charge on any atom is -0.332 e. The van der Waals surface area contributed by atoms with E-state index in [-0.39, 0.29) is 17.7 Å². The van der Waals surface area contributed by atoms with Crippen LogP contribution in [0.1, 0.15) is 21.9 Å². The van der Waals surface area contributed by atoms with Crippen LogP contribution in [-0.2, 0) is 9.59 Å². The second kappa shape index (κ2) is 6.65. The molecule has 0 radical (unpaired) electrons. The van der Waals surface area contributed by atoms with Crippen molar-refractivity contribution in [3.8, 4) is 0 Å². The number of rotatable bonds is 2. The second-order valence-electron chi connectivity index (χ2n) is 6.88. The molecule has 2 aliphatic rings. The first-order valence-corrected chi connectivity index (χ1v) is 10.9. The average Bonchev–Trinajstić information content (AvgIpc) is 3.18. The predicted octanol–water partition coefficient (Wildman–Crippen LogP) is 4.30. The lowest BCUT2D eigenvalue weighted by Gasteiger charge is -2.29. The van der Waals surface area contributed by atoms with Crippen molar-refractivity contribution < 1.29 is 9.59 Å². The molecule has 1 N–H and O–H groups in total. The van der Waals surface area contributed by atoms with E-state index in [0.717, 1.165) is 21.0 Å². The molecule has 3 unspecified atom stereocenters. The van der Waals surface area contributed by atoms with Crippen molar-refractivity contribution in [3.63, 3.8) is 0 Å². The third-order valence-electron chi connectivity index (χ3n) is 5.16. The van der Waals surface area contributed by atoms with Gasteiger partial charge in [-0.1, -0.05) is 35.5 Å². The van der Waals surface area contributed by atoms with Gasteiger partial charge in [0.2, 0.25) is 11.8 Å². The minimum absolute atomic E-state index is 0.162. The predicted molar refractivity (Wildman–Crippen MR) is 112 cm³/mol. The number of anilines is 1. The number of aromatic nitrogens is 2. The van der Waals surface area contributed by atoms with Crippen LogP contribution >= 0.6 is 35.3 Å². The number of thioether (sulfide) groups is 1. The second-order valence-corrected chi connectivity index (χ2v) is 9.75. The summed E-state index contributed by atoms with van der Waals surface area (Å²) in [5.41, 5.74) is 2.63. The molecule has 5 rings (SSSR count). The molecule has 3 atom stereocenters. The Labute approximate surface area is 174 Å². The molecule has 1 aromatic carbocycles. The lowest BCUT2D eigenvalue weighted by molar-refractivity contribution is -0.122. The summed E-state index contributed by atoms with van der Waals surface area (Å²) in [7, 11) is 0. The zero-order valence-corrected chi connectivity index (χ0v) is 17.2. The lowest BCUT2D eigenvalue weighted by atomic mass is 9.84. The first-order chi connectivity index (χ1) is 13.5. The summed E-state index contributed by atoms with van der Waals surface area (Å²) < 4.78 is 0.654. The molecule has 4 heterocycles. The number of pyridine rings is 1. The van der Waals surface area contributed by atoms with Crippen LogP contribution in [0, 0.1) is 16.8 Å². The van der Waals surface area contributed by atoms with Crippen molar-refractivity contribution in [2.45, 2.75) is 23.1 Å². The van der Waals surface area contributed by atoms with Crippen molar-refractivity contribution in [1.82, 2.24) is 9.97 Å². The highest BCUT2D eigenvalue weighted by molar-refractivity contribution is 8.01. The Hall–Kier alpha value is -2.29.